The highest BCUT2D eigenvalue weighted by atomic mass is 32.2. The average Bonchev–Trinajstić information content (AvgIpc) is 2.49. The maximum absolute atomic E-state index is 12.0. The van der Waals surface area contributed by atoms with Crippen molar-refractivity contribution in [2.24, 2.45) is 0 Å². The summed E-state index contributed by atoms with van der Waals surface area (Å²) in [6.07, 6.45) is 0. The summed E-state index contributed by atoms with van der Waals surface area (Å²) in [5, 5.41) is 12.8. The largest absolute Gasteiger partial charge is 0.285 e. The summed E-state index contributed by atoms with van der Waals surface area (Å²) < 4.78 is 0. The molecule has 0 aromatic heterocycles. The maximum Gasteiger partial charge on any atom is 0.284 e. The molecule has 0 fully saturated rings. The number of benzene rings is 2. The first-order valence-corrected chi connectivity index (χ1v) is 7.70. The Morgan fingerprint density at radius 2 is 1.83 bits per heavy atom. The van der Waals surface area contributed by atoms with Crippen molar-refractivity contribution < 1.29 is 9.72 Å². The molecule has 0 aliphatic carbocycles. The summed E-state index contributed by atoms with van der Waals surface area (Å²) in [7, 11) is 3.35. The molecule has 23 heavy (non-hydrogen) atoms. The number of carbonyl (C=O) groups excluding carboxylic acids is 1. The summed E-state index contributed by atoms with van der Waals surface area (Å²) in [4.78, 5) is 24.2. The third-order valence-electron chi connectivity index (χ3n) is 2.99. The molecule has 0 radical (unpaired) electrons. The van der Waals surface area contributed by atoms with Gasteiger partial charge in [-0.2, -0.15) is 0 Å². The molecule has 0 spiro atoms. The first kappa shape index (κ1) is 17.0. The third kappa shape index (κ3) is 4.54. The second-order valence-electron chi connectivity index (χ2n) is 5.19. The van der Waals surface area contributed by atoms with Gasteiger partial charge in [0.25, 0.3) is 11.6 Å². The minimum atomic E-state index is -0.469. The van der Waals surface area contributed by atoms with E-state index in [4.69, 9.17) is 0 Å². The van der Waals surface area contributed by atoms with Gasteiger partial charge in [-0.25, -0.2) is 5.01 Å². The zero-order valence-corrected chi connectivity index (χ0v) is 13.9. The summed E-state index contributed by atoms with van der Waals surface area (Å²) in [6.45, 7) is 1.98. The van der Waals surface area contributed by atoms with Crippen molar-refractivity contribution >= 4 is 23.4 Å². The lowest BCUT2D eigenvalue weighted by atomic mass is 10.2. The lowest BCUT2D eigenvalue weighted by Gasteiger charge is -2.12. The van der Waals surface area contributed by atoms with Crippen LogP contribution in [0.1, 0.15) is 15.9 Å². The number of rotatable bonds is 5. The number of nitrogens with zero attached hydrogens (tertiary/aromatic N) is 2. The van der Waals surface area contributed by atoms with Gasteiger partial charge in [-0.05, 0) is 31.2 Å². The predicted molar refractivity (Wildman–Crippen MR) is 89.6 cm³/mol. The van der Waals surface area contributed by atoms with Crippen LogP contribution in [0.3, 0.4) is 0 Å². The van der Waals surface area contributed by atoms with E-state index in [1.165, 1.54) is 22.8 Å². The second kappa shape index (κ2) is 7.26. The quantitative estimate of drug-likeness (QED) is 0.672. The highest BCUT2D eigenvalue weighted by molar-refractivity contribution is 7.99. The van der Waals surface area contributed by atoms with Gasteiger partial charge >= 0.3 is 0 Å². The van der Waals surface area contributed by atoms with Crippen molar-refractivity contribution in [2.75, 3.05) is 14.1 Å². The summed E-state index contributed by atoms with van der Waals surface area (Å²) in [5.41, 5.74) is 3.86. The van der Waals surface area contributed by atoms with Gasteiger partial charge in [-0.15, -0.1) is 0 Å². The van der Waals surface area contributed by atoms with E-state index in [1.54, 1.807) is 26.2 Å². The SMILES string of the molecule is Cc1ccc(Sc2ccc(C(=O)NN(C)C)cc2[N+](=O)[O-])cc1. The molecule has 1 N–H and O–H groups in total. The van der Waals surface area contributed by atoms with Crippen LogP contribution in [0.5, 0.6) is 0 Å². The maximum atomic E-state index is 12.0. The summed E-state index contributed by atoms with van der Waals surface area (Å²) >= 11 is 1.30. The van der Waals surface area contributed by atoms with E-state index < -0.39 is 4.92 Å². The molecule has 2 aromatic carbocycles. The first-order valence-electron chi connectivity index (χ1n) is 6.88. The number of carbonyl (C=O) groups is 1. The molecule has 7 heteroatoms. The zero-order chi connectivity index (χ0) is 17.0. The number of nitrogens with one attached hydrogen (secondary N) is 1. The van der Waals surface area contributed by atoms with Crippen molar-refractivity contribution in [2.45, 2.75) is 16.7 Å². The molecule has 6 nitrogen and oxygen atoms in total. The van der Waals surface area contributed by atoms with Gasteiger partial charge in [0, 0.05) is 30.6 Å². The molecule has 2 rings (SSSR count). The Morgan fingerprint density at radius 1 is 1.17 bits per heavy atom. The number of nitro benzene ring substituents is 1. The highest BCUT2D eigenvalue weighted by Gasteiger charge is 2.18. The lowest BCUT2D eigenvalue weighted by molar-refractivity contribution is -0.387. The van der Waals surface area contributed by atoms with Crippen molar-refractivity contribution in [1.29, 1.82) is 0 Å². The molecule has 0 heterocycles. The van der Waals surface area contributed by atoms with Crippen molar-refractivity contribution in [1.82, 2.24) is 10.4 Å². The Bertz CT molecular complexity index is 730. The van der Waals surface area contributed by atoms with Gasteiger partial charge in [0.2, 0.25) is 0 Å². The first-order chi connectivity index (χ1) is 10.9. The fourth-order valence-corrected chi connectivity index (χ4v) is 2.79. The van der Waals surface area contributed by atoms with Crippen molar-refractivity contribution in [3.05, 3.63) is 63.7 Å². The summed E-state index contributed by atoms with van der Waals surface area (Å²) in [5.74, 6) is -0.384. The smallest absolute Gasteiger partial charge is 0.284 e. The molecule has 120 valence electrons. The topological polar surface area (TPSA) is 75.5 Å². The van der Waals surface area contributed by atoms with Gasteiger partial charge < -0.3 is 0 Å². The van der Waals surface area contributed by atoms with Crippen LogP contribution in [0.2, 0.25) is 0 Å². The van der Waals surface area contributed by atoms with E-state index in [0.717, 1.165) is 10.5 Å². The molecular formula is C16H17N3O3S. The molecule has 0 unspecified atom stereocenters. The summed E-state index contributed by atoms with van der Waals surface area (Å²) in [6, 6.07) is 12.2. The fourth-order valence-electron chi connectivity index (χ4n) is 1.89. The number of nitro groups is 1. The van der Waals surface area contributed by atoms with Gasteiger partial charge in [0.1, 0.15) is 0 Å². The Balaban J connectivity index is 2.31. The van der Waals surface area contributed by atoms with Crippen molar-refractivity contribution in [3.63, 3.8) is 0 Å². The van der Waals surface area contributed by atoms with Crippen LogP contribution in [-0.4, -0.2) is 29.9 Å². The normalized spacial score (nSPS) is 10.6. The molecule has 0 bridgehead atoms. The number of hydrazine groups is 1. The van der Waals surface area contributed by atoms with Gasteiger partial charge in [0.15, 0.2) is 0 Å². The van der Waals surface area contributed by atoms with E-state index in [0.29, 0.717) is 4.90 Å². The molecular weight excluding hydrogens is 314 g/mol. The fraction of sp³-hybridized carbons (Fsp3) is 0.188. The van der Waals surface area contributed by atoms with Crippen LogP contribution in [0.4, 0.5) is 5.69 Å². The second-order valence-corrected chi connectivity index (χ2v) is 6.31. The number of hydrogen-bond donors (Lipinski definition) is 1. The van der Waals surface area contributed by atoms with Crippen LogP contribution in [0, 0.1) is 17.0 Å². The third-order valence-corrected chi connectivity index (χ3v) is 4.06. The number of hydrogen-bond acceptors (Lipinski definition) is 5. The molecule has 1 amide bonds. The van der Waals surface area contributed by atoms with E-state index in [-0.39, 0.29) is 17.2 Å². The highest BCUT2D eigenvalue weighted by Crippen LogP contribution is 2.35. The van der Waals surface area contributed by atoms with Crippen LogP contribution < -0.4 is 5.43 Å². The molecule has 0 aliphatic heterocycles. The van der Waals surface area contributed by atoms with Crippen molar-refractivity contribution in [3.8, 4) is 0 Å². The van der Waals surface area contributed by atoms with E-state index >= 15 is 0 Å². The standard InChI is InChI=1S/C16H17N3O3S/c1-11-4-7-13(8-5-11)23-15-9-6-12(10-14(15)19(21)22)16(20)17-18(2)3/h4-10H,1-3H3,(H,17,20). The van der Waals surface area contributed by atoms with Crippen LogP contribution in [-0.2, 0) is 0 Å². The van der Waals surface area contributed by atoms with Crippen LogP contribution in [0.25, 0.3) is 0 Å². The van der Waals surface area contributed by atoms with Crippen LogP contribution >= 0.6 is 11.8 Å². The van der Waals surface area contributed by atoms with Gasteiger partial charge in [-0.3, -0.25) is 20.3 Å². The van der Waals surface area contributed by atoms with Gasteiger partial charge in [-0.1, -0.05) is 29.5 Å². The average molecular weight is 331 g/mol. The molecule has 2 aromatic rings. The van der Waals surface area contributed by atoms with E-state index in [9.17, 15) is 14.9 Å². The molecule has 0 aliphatic rings. The predicted octanol–water partition coefficient (Wildman–Crippen LogP) is 3.26. The zero-order valence-electron chi connectivity index (χ0n) is 13.1. The number of amides is 1. The van der Waals surface area contributed by atoms with E-state index in [2.05, 4.69) is 5.43 Å². The van der Waals surface area contributed by atoms with Gasteiger partial charge in [0.05, 0.1) is 9.82 Å². The monoisotopic (exact) mass is 331 g/mol. The molecule has 0 atom stereocenters. The molecule has 0 saturated carbocycles. The Morgan fingerprint density at radius 3 is 2.39 bits per heavy atom. The molecule has 0 saturated heterocycles. The lowest BCUT2D eigenvalue weighted by Crippen LogP contribution is -2.36. The number of aryl methyl sites for hydroxylation is 1. The van der Waals surface area contributed by atoms with Crippen LogP contribution in [0.15, 0.2) is 52.3 Å². The minimum absolute atomic E-state index is 0.0815. The Hall–Kier alpha value is -2.38. The van der Waals surface area contributed by atoms with E-state index in [1.807, 2.05) is 31.2 Å². The minimum Gasteiger partial charge on any atom is -0.285 e. The Labute approximate surface area is 138 Å². The Kier molecular flexibility index (Phi) is 5.36.